The predicted molar refractivity (Wildman–Crippen MR) is 55.6 cm³/mol. The summed E-state index contributed by atoms with van der Waals surface area (Å²) in [5, 5.41) is 0. The molecule has 1 saturated heterocycles. The second-order valence-electron chi connectivity index (χ2n) is 3.76. The van der Waals surface area contributed by atoms with Gasteiger partial charge in [0.15, 0.2) is 0 Å². The van der Waals surface area contributed by atoms with E-state index in [-0.39, 0.29) is 0 Å². The summed E-state index contributed by atoms with van der Waals surface area (Å²) < 4.78 is 11.1. The lowest BCUT2D eigenvalue weighted by atomic mass is 10.2. The van der Waals surface area contributed by atoms with Gasteiger partial charge in [-0.1, -0.05) is 17.7 Å². The van der Waals surface area contributed by atoms with Crippen molar-refractivity contribution in [3.63, 3.8) is 0 Å². The van der Waals surface area contributed by atoms with Gasteiger partial charge >= 0.3 is 0 Å². The van der Waals surface area contributed by atoms with E-state index in [0.717, 1.165) is 18.8 Å². The number of hydrogen-bond donors (Lipinski definition) is 0. The molecule has 14 heavy (non-hydrogen) atoms. The average Bonchev–Trinajstić information content (AvgIpc) is 2.70. The average molecular weight is 192 g/mol. The molecule has 0 amide bonds. The highest BCUT2D eigenvalue weighted by atomic mass is 16.5. The van der Waals surface area contributed by atoms with Crippen LogP contribution in [-0.2, 0) is 4.74 Å². The molecule has 0 radical (unpaired) electrons. The first kappa shape index (κ1) is 9.53. The summed E-state index contributed by atoms with van der Waals surface area (Å²) in [7, 11) is 0. The van der Waals surface area contributed by atoms with Gasteiger partial charge in [-0.15, -0.1) is 0 Å². The molecule has 1 fully saturated rings. The second kappa shape index (κ2) is 4.47. The molecule has 2 heteroatoms. The van der Waals surface area contributed by atoms with Crippen LogP contribution in [-0.4, -0.2) is 19.3 Å². The van der Waals surface area contributed by atoms with Crippen molar-refractivity contribution in [3.05, 3.63) is 29.8 Å². The van der Waals surface area contributed by atoms with Crippen molar-refractivity contribution in [2.24, 2.45) is 0 Å². The minimum atomic E-state index is 0.302. The minimum Gasteiger partial charge on any atom is -0.491 e. The topological polar surface area (TPSA) is 18.5 Å². The Morgan fingerprint density at radius 1 is 1.36 bits per heavy atom. The quantitative estimate of drug-likeness (QED) is 0.732. The van der Waals surface area contributed by atoms with Crippen LogP contribution in [0.5, 0.6) is 5.75 Å². The third kappa shape index (κ3) is 2.48. The van der Waals surface area contributed by atoms with Gasteiger partial charge in [0.1, 0.15) is 12.4 Å². The highest BCUT2D eigenvalue weighted by Gasteiger charge is 2.15. The Hall–Kier alpha value is -1.02. The molecule has 1 atom stereocenters. The summed E-state index contributed by atoms with van der Waals surface area (Å²) in [6, 6.07) is 8.13. The largest absolute Gasteiger partial charge is 0.491 e. The van der Waals surface area contributed by atoms with Crippen molar-refractivity contribution in [2.45, 2.75) is 25.9 Å². The molecule has 2 rings (SSSR count). The van der Waals surface area contributed by atoms with Gasteiger partial charge in [0.25, 0.3) is 0 Å². The summed E-state index contributed by atoms with van der Waals surface area (Å²) in [6.07, 6.45) is 2.60. The van der Waals surface area contributed by atoms with Gasteiger partial charge in [-0.3, -0.25) is 0 Å². The number of ether oxygens (including phenoxy) is 2. The van der Waals surface area contributed by atoms with Gasteiger partial charge in [0.05, 0.1) is 6.10 Å². The zero-order valence-corrected chi connectivity index (χ0v) is 8.53. The van der Waals surface area contributed by atoms with Crippen LogP contribution in [0.1, 0.15) is 18.4 Å². The highest BCUT2D eigenvalue weighted by molar-refractivity contribution is 5.26. The van der Waals surface area contributed by atoms with Crippen molar-refractivity contribution < 1.29 is 9.47 Å². The van der Waals surface area contributed by atoms with Crippen LogP contribution in [0, 0.1) is 6.92 Å². The van der Waals surface area contributed by atoms with Crippen molar-refractivity contribution >= 4 is 0 Å². The van der Waals surface area contributed by atoms with Crippen molar-refractivity contribution in [2.75, 3.05) is 13.2 Å². The third-order valence-corrected chi connectivity index (χ3v) is 2.48. The SMILES string of the molecule is Cc1ccc(OCC2CCCO2)cc1. The van der Waals surface area contributed by atoms with E-state index in [1.54, 1.807) is 0 Å². The number of hydrogen-bond acceptors (Lipinski definition) is 2. The first-order valence-corrected chi connectivity index (χ1v) is 5.16. The molecule has 2 nitrogen and oxygen atoms in total. The molecule has 1 aromatic carbocycles. The van der Waals surface area contributed by atoms with E-state index < -0.39 is 0 Å². The van der Waals surface area contributed by atoms with Crippen LogP contribution in [0.2, 0.25) is 0 Å². The lowest BCUT2D eigenvalue weighted by Crippen LogP contribution is -2.16. The Morgan fingerprint density at radius 2 is 2.14 bits per heavy atom. The molecule has 0 bridgehead atoms. The number of rotatable bonds is 3. The van der Waals surface area contributed by atoms with E-state index in [2.05, 4.69) is 19.1 Å². The lowest BCUT2D eigenvalue weighted by molar-refractivity contribution is 0.0679. The highest BCUT2D eigenvalue weighted by Crippen LogP contribution is 2.16. The van der Waals surface area contributed by atoms with E-state index >= 15 is 0 Å². The Morgan fingerprint density at radius 3 is 2.79 bits per heavy atom. The monoisotopic (exact) mass is 192 g/mol. The molecule has 0 N–H and O–H groups in total. The molecule has 1 heterocycles. The van der Waals surface area contributed by atoms with Crippen molar-refractivity contribution in [1.82, 2.24) is 0 Å². The van der Waals surface area contributed by atoms with E-state index in [1.807, 2.05) is 12.1 Å². The van der Waals surface area contributed by atoms with E-state index in [9.17, 15) is 0 Å². The van der Waals surface area contributed by atoms with Gasteiger partial charge < -0.3 is 9.47 Å². The molecule has 1 aromatic rings. The maximum atomic E-state index is 5.62. The van der Waals surface area contributed by atoms with E-state index in [0.29, 0.717) is 12.7 Å². The summed E-state index contributed by atoms with van der Waals surface area (Å²) in [6.45, 7) is 3.65. The van der Waals surface area contributed by atoms with Crippen LogP contribution in [0.4, 0.5) is 0 Å². The maximum Gasteiger partial charge on any atom is 0.119 e. The van der Waals surface area contributed by atoms with Crippen LogP contribution < -0.4 is 4.74 Å². The molecule has 0 saturated carbocycles. The molecule has 1 aliphatic heterocycles. The van der Waals surface area contributed by atoms with Crippen LogP contribution in [0.3, 0.4) is 0 Å². The van der Waals surface area contributed by atoms with Gasteiger partial charge in [-0.2, -0.15) is 0 Å². The van der Waals surface area contributed by atoms with Crippen molar-refractivity contribution in [1.29, 1.82) is 0 Å². The standard InChI is InChI=1S/C12H16O2/c1-10-4-6-11(7-5-10)14-9-12-3-2-8-13-12/h4-7,12H,2-3,8-9H2,1H3. The van der Waals surface area contributed by atoms with Gasteiger partial charge in [0.2, 0.25) is 0 Å². The molecule has 0 aromatic heterocycles. The zero-order valence-electron chi connectivity index (χ0n) is 8.53. The van der Waals surface area contributed by atoms with Crippen molar-refractivity contribution in [3.8, 4) is 5.75 Å². The van der Waals surface area contributed by atoms with Gasteiger partial charge in [-0.25, -0.2) is 0 Å². The first-order valence-electron chi connectivity index (χ1n) is 5.16. The van der Waals surface area contributed by atoms with Crippen LogP contribution >= 0.6 is 0 Å². The normalized spacial score (nSPS) is 21.1. The summed E-state index contributed by atoms with van der Waals surface area (Å²) in [5.74, 6) is 0.936. The van der Waals surface area contributed by atoms with Crippen LogP contribution in [0.15, 0.2) is 24.3 Å². The van der Waals surface area contributed by atoms with Gasteiger partial charge in [0, 0.05) is 6.61 Å². The fourth-order valence-corrected chi connectivity index (χ4v) is 1.60. The predicted octanol–water partition coefficient (Wildman–Crippen LogP) is 2.55. The Kier molecular flexibility index (Phi) is 3.04. The summed E-state index contributed by atoms with van der Waals surface area (Å²) in [4.78, 5) is 0. The molecule has 1 aliphatic rings. The Balaban J connectivity index is 1.82. The molecule has 76 valence electrons. The fourth-order valence-electron chi connectivity index (χ4n) is 1.60. The molecular weight excluding hydrogens is 176 g/mol. The first-order chi connectivity index (χ1) is 6.84. The molecule has 0 aliphatic carbocycles. The number of aryl methyl sites for hydroxylation is 1. The smallest absolute Gasteiger partial charge is 0.119 e. The minimum absolute atomic E-state index is 0.302. The van der Waals surface area contributed by atoms with Crippen LogP contribution in [0.25, 0.3) is 0 Å². The Bertz CT molecular complexity index is 273. The summed E-state index contributed by atoms with van der Waals surface area (Å²) in [5.41, 5.74) is 1.26. The second-order valence-corrected chi connectivity index (χ2v) is 3.76. The maximum absolute atomic E-state index is 5.62. The molecule has 0 spiro atoms. The number of benzene rings is 1. The Labute approximate surface area is 84.8 Å². The molecular formula is C12H16O2. The third-order valence-electron chi connectivity index (χ3n) is 2.48. The summed E-state index contributed by atoms with van der Waals surface area (Å²) >= 11 is 0. The van der Waals surface area contributed by atoms with E-state index in [1.165, 1.54) is 12.0 Å². The van der Waals surface area contributed by atoms with Gasteiger partial charge in [-0.05, 0) is 31.9 Å². The zero-order chi connectivity index (χ0) is 9.80. The molecule has 1 unspecified atom stereocenters. The fraction of sp³-hybridized carbons (Fsp3) is 0.500. The lowest BCUT2D eigenvalue weighted by Gasteiger charge is -2.11. The van der Waals surface area contributed by atoms with E-state index in [4.69, 9.17) is 9.47 Å².